The number of carbonyl (C=O) groups is 2. The second-order valence-electron chi connectivity index (χ2n) is 7.26. The summed E-state index contributed by atoms with van der Waals surface area (Å²) in [5, 5.41) is 5.34. The van der Waals surface area contributed by atoms with Gasteiger partial charge in [0.1, 0.15) is 6.54 Å². The third kappa shape index (κ3) is 5.87. The highest BCUT2D eigenvalue weighted by atomic mass is 32.2. The molecule has 0 saturated heterocycles. The Bertz CT molecular complexity index is 1260. The highest BCUT2D eigenvalue weighted by Gasteiger charge is 2.27. The van der Waals surface area contributed by atoms with Gasteiger partial charge < -0.3 is 10.6 Å². The van der Waals surface area contributed by atoms with Gasteiger partial charge in [-0.15, -0.1) is 6.58 Å². The van der Waals surface area contributed by atoms with Gasteiger partial charge in [-0.3, -0.25) is 13.9 Å². The average molecular weight is 464 g/mol. The highest BCUT2D eigenvalue weighted by Crippen LogP contribution is 2.25. The summed E-state index contributed by atoms with van der Waals surface area (Å²) < 4.78 is 27.9. The Kier molecular flexibility index (Phi) is 7.63. The molecule has 0 heterocycles. The van der Waals surface area contributed by atoms with Crippen LogP contribution < -0.4 is 14.9 Å². The fraction of sp³-hybridized carbons (Fsp3) is 0.120. The van der Waals surface area contributed by atoms with E-state index in [1.165, 1.54) is 12.1 Å². The number of aryl methyl sites for hydroxylation is 1. The topological polar surface area (TPSA) is 95.6 Å². The predicted molar refractivity (Wildman–Crippen MR) is 130 cm³/mol. The first-order chi connectivity index (χ1) is 15.8. The van der Waals surface area contributed by atoms with Crippen LogP contribution in [0.3, 0.4) is 0 Å². The minimum Gasteiger partial charge on any atom is -0.349 e. The van der Waals surface area contributed by atoms with E-state index >= 15 is 0 Å². The van der Waals surface area contributed by atoms with E-state index in [0.717, 1.165) is 9.87 Å². The molecule has 2 N–H and O–H groups in total. The number of para-hydroxylation sites is 1. The van der Waals surface area contributed by atoms with E-state index in [-0.39, 0.29) is 28.6 Å². The van der Waals surface area contributed by atoms with Gasteiger partial charge in [0.15, 0.2) is 0 Å². The van der Waals surface area contributed by atoms with Gasteiger partial charge >= 0.3 is 0 Å². The Morgan fingerprint density at radius 3 is 2.36 bits per heavy atom. The van der Waals surface area contributed by atoms with Crippen LogP contribution in [0.15, 0.2) is 96.4 Å². The van der Waals surface area contributed by atoms with Gasteiger partial charge in [0.25, 0.3) is 15.9 Å². The van der Waals surface area contributed by atoms with E-state index < -0.39 is 22.5 Å². The maximum atomic E-state index is 13.4. The first-order valence-electron chi connectivity index (χ1n) is 10.3. The van der Waals surface area contributed by atoms with Gasteiger partial charge in [0.05, 0.1) is 21.8 Å². The molecule has 0 aromatic heterocycles. The van der Waals surface area contributed by atoms with Gasteiger partial charge in [-0.05, 0) is 48.9 Å². The molecule has 0 aliphatic heterocycles. The molecule has 0 unspecified atom stereocenters. The summed E-state index contributed by atoms with van der Waals surface area (Å²) in [6.07, 6.45) is 1.55. The molecule has 0 bridgehead atoms. The smallest absolute Gasteiger partial charge is 0.264 e. The molecule has 0 aliphatic rings. The summed E-state index contributed by atoms with van der Waals surface area (Å²) in [7, 11) is -4.01. The maximum absolute atomic E-state index is 13.4. The number of anilines is 2. The predicted octanol–water partition coefficient (Wildman–Crippen LogP) is 3.74. The Hall–Kier alpha value is -3.91. The third-order valence-corrected chi connectivity index (χ3v) is 6.55. The number of carbonyl (C=O) groups excluding carboxylic acids is 2. The Morgan fingerprint density at radius 1 is 0.970 bits per heavy atom. The number of hydrogen-bond donors (Lipinski definition) is 2. The molecule has 8 heteroatoms. The Balaban J connectivity index is 1.91. The maximum Gasteiger partial charge on any atom is 0.264 e. The lowest BCUT2D eigenvalue weighted by molar-refractivity contribution is -0.114. The van der Waals surface area contributed by atoms with Crippen LogP contribution in [0.4, 0.5) is 11.4 Å². The van der Waals surface area contributed by atoms with E-state index in [0.29, 0.717) is 5.69 Å². The molecular weight excluding hydrogens is 438 g/mol. The van der Waals surface area contributed by atoms with Crippen molar-refractivity contribution < 1.29 is 18.0 Å². The monoisotopic (exact) mass is 463 g/mol. The molecule has 0 saturated carbocycles. The molecule has 0 fully saturated rings. The Labute approximate surface area is 193 Å². The molecule has 7 nitrogen and oxygen atoms in total. The second kappa shape index (κ2) is 10.6. The van der Waals surface area contributed by atoms with Crippen molar-refractivity contribution in [1.29, 1.82) is 0 Å². The minimum absolute atomic E-state index is 0.0727. The van der Waals surface area contributed by atoms with Crippen LogP contribution in [0.1, 0.15) is 15.9 Å². The third-order valence-electron chi connectivity index (χ3n) is 4.76. The molecule has 0 aliphatic carbocycles. The molecule has 3 aromatic rings. The van der Waals surface area contributed by atoms with E-state index in [4.69, 9.17) is 0 Å². The fourth-order valence-corrected chi connectivity index (χ4v) is 4.62. The first kappa shape index (κ1) is 23.7. The molecule has 0 radical (unpaired) electrons. The quantitative estimate of drug-likeness (QED) is 0.473. The van der Waals surface area contributed by atoms with E-state index in [1.807, 2.05) is 13.0 Å². The lowest BCUT2D eigenvalue weighted by atomic mass is 10.1. The summed E-state index contributed by atoms with van der Waals surface area (Å²) in [6.45, 7) is 5.21. The number of hydrogen-bond acceptors (Lipinski definition) is 4. The van der Waals surface area contributed by atoms with Crippen LogP contribution in [0, 0.1) is 6.92 Å². The fourth-order valence-electron chi connectivity index (χ4n) is 3.19. The zero-order valence-corrected chi connectivity index (χ0v) is 19.0. The van der Waals surface area contributed by atoms with Crippen molar-refractivity contribution in [3.63, 3.8) is 0 Å². The molecule has 2 amide bonds. The van der Waals surface area contributed by atoms with Crippen molar-refractivity contribution in [2.75, 3.05) is 22.7 Å². The number of nitrogens with zero attached hydrogens (tertiary/aromatic N) is 1. The van der Waals surface area contributed by atoms with Crippen LogP contribution in [0.5, 0.6) is 0 Å². The molecule has 0 atom stereocenters. The number of benzene rings is 3. The molecular formula is C25H25N3O4S. The van der Waals surface area contributed by atoms with Crippen LogP contribution in [-0.2, 0) is 14.8 Å². The normalized spacial score (nSPS) is 10.8. The number of sulfonamides is 1. The second-order valence-corrected chi connectivity index (χ2v) is 9.12. The largest absolute Gasteiger partial charge is 0.349 e. The lowest BCUT2D eigenvalue weighted by Gasteiger charge is -2.24. The summed E-state index contributed by atoms with van der Waals surface area (Å²) in [5.74, 6) is -0.960. The average Bonchev–Trinajstić information content (AvgIpc) is 2.82. The molecule has 170 valence electrons. The number of nitrogens with one attached hydrogen (secondary N) is 2. The van der Waals surface area contributed by atoms with Gasteiger partial charge in [-0.25, -0.2) is 8.42 Å². The summed E-state index contributed by atoms with van der Waals surface area (Å²) in [6, 6.07) is 21.4. The van der Waals surface area contributed by atoms with Crippen molar-refractivity contribution in [3.05, 3.63) is 103 Å². The number of rotatable bonds is 9. The van der Waals surface area contributed by atoms with E-state index in [2.05, 4.69) is 17.2 Å². The van der Waals surface area contributed by atoms with Crippen LogP contribution in [0.2, 0.25) is 0 Å². The molecule has 3 aromatic carbocycles. The minimum atomic E-state index is -4.01. The van der Waals surface area contributed by atoms with E-state index in [9.17, 15) is 18.0 Å². The molecule has 33 heavy (non-hydrogen) atoms. The van der Waals surface area contributed by atoms with Gasteiger partial charge in [0, 0.05) is 6.54 Å². The van der Waals surface area contributed by atoms with Crippen LogP contribution in [0.25, 0.3) is 0 Å². The van der Waals surface area contributed by atoms with Crippen molar-refractivity contribution in [3.8, 4) is 0 Å². The van der Waals surface area contributed by atoms with Crippen LogP contribution in [-0.4, -0.2) is 33.3 Å². The molecule has 3 rings (SSSR count). The zero-order chi connectivity index (χ0) is 23.8. The summed E-state index contributed by atoms with van der Waals surface area (Å²) >= 11 is 0. The molecule has 0 spiro atoms. The van der Waals surface area contributed by atoms with Gasteiger partial charge in [-0.1, -0.05) is 48.5 Å². The van der Waals surface area contributed by atoms with Crippen LogP contribution >= 0.6 is 0 Å². The van der Waals surface area contributed by atoms with Crippen molar-refractivity contribution in [2.45, 2.75) is 11.8 Å². The van der Waals surface area contributed by atoms with Crippen molar-refractivity contribution in [2.24, 2.45) is 0 Å². The zero-order valence-electron chi connectivity index (χ0n) is 18.2. The van der Waals surface area contributed by atoms with Crippen molar-refractivity contribution in [1.82, 2.24) is 5.32 Å². The van der Waals surface area contributed by atoms with Crippen molar-refractivity contribution >= 4 is 33.2 Å². The summed E-state index contributed by atoms with van der Waals surface area (Å²) in [4.78, 5) is 25.5. The highest BCUT2D eigenvalue weighted by molar-refractivity contribution is 7.92. The lowest BCUT2D eigenvalue weighted by Crippen LogP contribution is -2.38. The van der Waals surface area contributed by atoms with E-state index in [1.54, 1.807) is 66.7 Å². The standard InChI is InChI=1S/C25H25N3O4S/c1-3-16-26-25(30)22-14-7-8-15-23(22)27-24(29)18-28(20-11-9-10-19(2)17-20)33(31,32)21-12-5-4-6-13-21/h3-15,17H,1,16,18H2,2H3,(H,26,30)(H,27,29). The SMILES string of the molecule is C=CCNC(=O)c1ccccc1NC(=O)CN(c1cccc(C)c1)S(=O)(=O)c1ccccc1. The summed E-state index contributed by atoms with van der Waals surface area (Å²) in [5.41, 5.74) is 1.77. The Morgan fingerprint density at radius 2 is 1.67 bits per heavy atom. The van der Waals surface area contributed by atoms with Gasteiger partial charge in [0.2, 0.25) is 5.91 Å². The van der Waals surface area contributed by atoms with Gasteiger partial charge in [-0.2, -0.15) is 0 Å². The number of amides is 2. The first-order valence-corrected chi connectivity index (χ1v) is 11.7.